The molecule has 1 aromatic rings. The molecule has 0 bridgehead atoms. The van der Waals surface area contributed by atoms with Gasteiger partial charge < -0.3 is 4.74 Å². The number of hydrogen-bond donors (Lipinski definition) is 0. The average molecular weight is 475 g/mol. The van der Waals surface area contributed by atoms with E-state index in [2.05, 4.69) is 13.8 Å². The van der Waals surface area contributed by atoms with Gasteiger partial charge in [0.1, 0.15) is 5.83 Å². The van der Waals surface area contributed by atoms with Gasteiger partial charge >= 0.3 is 0 Å². The molecule has 0 N–H and O–H groups in total. The maximum absolute atomic E-state index is 15.1. The van der Waals surface area contributed by atoms with Crippen molar-refractivity contribution in [3.63, 3.8) is 0 Å². The van der Waals surface area contributed by atoms with Crippen LogP contribution in [0.1, 0.15) is 114 Å². The largest absolute Gasteiger partial charge is 0.373 e. The number of halogens is 3. The number of benzene rings is 1. The maximum atomic E-state index is 15.1. The Labute approximate surface area is 203 Å². The average Bonchev–Trinajstić information content (AvgIpc) is 2.86. The molecule has 0 amide bonds. The van der Waals surface area contributed by atoms with Gasteiger partial charge in [-0.2, -0.15) is 0 Å². The minimum atomic E-state index is -0.636. The quantitative estimate of drug-likeness (QED) is 0.365. The molecule has 0 aliphatic heterocycles. The maximum Gasteiger partial charge on any atom is 0.162 e. The highest BCUT2D eigenvalue weighted by Gasteiger charge is 2.30. The van der Waals surface area contributed by atoms with Crippen molar-refractivity contribution in [1.82, 2.24) is 0 Å². The topological polar surface area (TPSA) is 9.23 Å². The number of rotatable bonds is 8. The Morgan fingerprint density at radius 2 is 1.41 bits per heavy atom. The highest BCUT2D eigenvalue weighted by atomic mass is 19.2. The molecule has 1 nitrogen and oxygen atoms in total. The summed E-state index contributed by atoms with van der Waals surface area (Å²) in [6, 6.07) is 3.70. The van der Waals surface area contributed by atoms with Crippen LogP contribution < -0.4 is 0 Å². The minimum absolute atomic E-state index is 0.0273. The summed E-state index contributed by atoms with van der Waals surface area (Å²) < 4.78 is 50.5. The van der Waals surface area contributed by atoms with Crippen molar-refractivity contribution in [3.05, 3.63) is 58.4 Å². The summed E-state index contributed by atoms with van der Waals surface area (Å²) in [4.78, 5) is 0. The molecule has 0 spiro atoms. The van der Waals surface area contributed by atoms with E-state index in [-0.39, 0.29) is 29.7 Å². The first-order valence-corrected chi connectivity index (χ1v) is 13.7. The second-order valence-corrected chi connectivity index (χ2v) is 10.8. The van der Waals surface area contributed by atoms with E-state index >= 15 is 8.78 Å². The first kappa shape index (κ1) is 25.5. The Hall–Kier alpha value is -1.55. The predicted molar refractivity (Wildman–Crippen MR) is 133 cm³/mol. The van der Waals surface area contributed by atoms with Crippen LogP contribution in [0.2, 0.25) is 0 Å². The monoisotopic (exact) mass is 474 g/mol. The van der Waals surface area contributed by atoms with Gasteiger partial charge in [-0.1, -0.05) is 44.9 Å². The Kier molecular flexibility index (Phi) is 8.96. The molecule has 1 atom stereocenters. The van der Waals surface area contributed by atoms with Crippen molar-refractivity contribution in [3.8, 4) is 0 Å². The molecule has 188 valence electrons. The van der Waals surface area contributed by atoms with Gasteiger partial charge in [0.25, 0.3) is 0 Å². The van der Waals surface area contributed by atoms with E-state index in [9.17, 15) is 4.39 Å². The molecule has 3 aliphatic carbocycles. The van der Waals surface area contributed by atoms with E-state index in [0.29, 0.717) is 23.3 Å². The third-order valence-corrected chi connectivity index (χ3v) is 8.59. The lowest BCUT2D eigenvalue weighted by atomic mass is 9.76. The van der Waals surface area contributed by atoms with Gasteiger partial charge in [-0.3, -0.25) is 0 Å². The Bertz CT molecular complexity index is 873. The predicted octanol–water partition coefficient (Wildman–Crippen LogP) is 9.29. The van der Waals surface area contributed by atoms with Gasteiger partial charge in [0.05, 0.1) is 12.7 Å². The number of allylic oxidation sites excluding steroid dienone is 2. The first-order valence-electron chi connectivity index (χ1n) is 13.7. The van der Waals surface area contributed by atoms with Gasteiger partial charge in [0, 0.05) is 5.57 Å². The molecule has 0 radical (unpaired) electrons. The lowest BCUT2D eigenvalue weighted by molar-refractivity contribution is 0.0378. The van der Waals surface area contributed by atoms with Crippen LogP contribution >= 0.6 is 0 Å². The first-order chi connectivity index (χ1) is 16.5. The van der Waals surface area contributed by atoms with E-state index in [4.69, 9.17) is 4.74 Å². The lowest BCUT2D eigenvalue weighted by Crippen LogP contribution is -2.23. The Morgan fingerprint density at radius 1 is 0.824 bits per heavy atom. The molecule has 0 saturated heterocycles. The zero-order valence-corrected chi connectivity index (χ0v) is 20.9. The molecular formula is C30H41F3O. The summed E-state index contributed by atoms with van der Waals surface area (Å²) >= 11 is 0. The fraction of sp³-hybridized carbons (Fsp3) is 0.667. The van der Waals surface area contributed by atoms with Crippen LogP contribution in [-0.4, -0.2) is 12.7 Å². The van der Waals surface area contributed by atoms with Crippen LogP contribution in [0.25, 0.3) is 0 Å². The van der Waals surface area contributed by atoms with Crippen molar-refractivity contribution < 1.29 is 17.9 Å². The van der Waals surface area contributed by atoms with E-state index in [0.717, 1.165) is 70.1 Å². The molecule has 34 heavy (non-hydrogen) atoms. The number of ether oxygens (including phenoxy) is 1. The number of hydrogen-bond acceptors (Lipinski definition) is 1. The zero-order chi connectivity index (χ0) is 24.1. The standard InChI is InChI=1S/C30H41F3O/c1-3-5-21-7-9-22(10-8-21)26-16-17-27(30(33)29(26)32)23-12-14-25(15-13-23)34-19-24-11-6-20(4-2)18-28(24)31/h11,16-18,20-23,25H,3-10,12-15,19H2,1-2H3/t20-,21?,22?,23?,25?/m0/s1. The third-order valence-electron chi connectivity index (χ3n) is 8.59. The van der Waals surface area contributed by atoms with Crippen LogP contribution in [0.15, 0.2) is 35.7 Å². The van der Waals surface area contributed by atoms with Gasteiger partial charge in [-0.05, 0) is 105 Å². The summed E-state index contributed by atoms with van der Waals surface area (Å²) in [6.45, 7) is 4.59. The summed E-state index contributed by atoms with van der Waals surface area (Å²) in [5, 5.41) is 0. The molecule has 4 rings (SSSR count). The summed E-state index contributed by atoms with van der Waals surface area (Å²) in [6.07, 6.45) is 15.3. The zero-order valence-electron chi connectivity index (χ0n) is 20.9. The van der Waals surface area contributed by atoms with E-state index in [1.807, 2.05) is 18.2 Å². The lowest BCUT2D eigenvalue weighted by Gasteiger charge is -2.31. The molecule has 4 heteroatoms. The van der Waals surface area contributed by atoms with Crippen LogP contribution in [0.4, 0.5) is 13.2 Å². The molecule has 2 saturated carbocycles. The summed E-state index contributed by atoms with van der Waals surface area (Å²) in [7, 11) is 0. The van der Waals surface area contributed by atoms with E-state index in [1.165, 1.54) is 12.8 Å². The molecular weight excluding hydrogens is 433 g/mol. The normalized spacial score (nSPS) is 30.1. The summed E-state index contributed by atoms with van der Waals surface area (Å²) in [5.41, 5.74) is 1.75. The van der Waals surface area contributed by atoms with Crippen molar-refractivity contribution >= 4 is 0 Å². The summed E-state index contributed by atoms with van der Waals surface area (Å²) in [5.74, 6) is -0.188. The molecule has 0 unspecified atom stereocenters. The third kappa shape index (κ3) is 5.98. The second kappa shape index (κ2) is 11.9. The SMILES string of the molecule is CCCC1CCC(c2ccc(C3CCC(OCC4=CC[C@H](CC)C=C4F)CC3)c(F)c2F)CC1. The van der Waals surface area contributed by atoms with Crippen molar-refractivity contribution in [1.29, 1.82) is 0 Å². The molecule has 0 aromatic heterocycles. The van der Waals surface area contributed by atoms with E-state index < -0.39 is 11.6 Å². The van der Waals surface area contributed by atoms with Crippen molar-refractivity contribution in [2.24, 2.45) is 11.8 Å². The van der Waals surface area contributed by atoms with Crippen molar-refractivity contribution in [2.75, 3.05) is 6.61 Å². The van der Waals surface area contributed by atoms with Gasteiger partial charge in [0.2, 0.25) is 0 Å². The second-order valence-electron chi connectivity index (χ2n) is 10.8. The molecule has 3 aliphatic rings. The molecule has 0 heterocycles. The highest BCUT2D eigenvalue weighted by Crippen LogP contribution is 2.41. The highest BCUT2D eigenvalue weighted by molar-refractivity contribution is 5.32. The van der Waals surface area contributed by atoms with Crippen LogP contribution in [0.5, 0.6) is 0 Å². The van der Waals surface area contributed by atoms with Gasteiger partial charge in [0.15, 0.2) is 11.6 Å². The van der Waals surface area contributed by atoms with Gasteiger partial charge in [-0.15, -0.1) is 0 Å². The van der Waals surface area contributed by atoms with Crippen LogP contribution in [0.3, 0.4) is 0 Å². The van der Waals surface area contributed by atoms with E-state index in [1.54, 1.807) is 6.08 Å². The molecule has 2 fully saturated rings. The Balaban J connectivity index is 1.29. The minimum Gasteiger partial charge on any atom is -0.373 e. The fourth-order valence-corrected chi connectivity index (χ4v) is 6.31. The van der Waals surface area contributed by atoms with Crippen LogP contribution in [-0.2, 0) is 4.74 Å². The molecule has 1 aromatic carbocycles. The fourth-order valence-electron chi connectivity index (χ4n) is 6.31. The Morgan fingerprint density at radius 3 is 1.94 bits per heavy atom. The van der Waals surface area contributed by atoms with Crippen molar-refractivity contribution in [2.45, 2.75) is 109 Å². The smallest absolute Gasteiger partial charge is 0.162 e. The van der Waals surface area contributed by atoms with Gasteiger partial charge in [-0.25, -0.2) is 13.2 Å². The van der Waals surface area contributed by atoms with Crippen LogP contribution in [0, 0.1) is 23.5 Å².